The van der Waals surface area contributed by atoms with Crippen LogP contribution in [0.5, 0.6) is 0 Å². The first-order chi connectivity index (χ1) is 8.59. The summed E-state index contributed by atoms with van der Waals surface area (Å²) >= 11 is 5.33. The van der Waals surface area contributed by atoms with Crippen LogP contribution in [-0.4, -0.2) is 39.6 Å². The Morgan fingerprint density at radius 2 is 1.84 bits per heavy atom. The van der Waals surface area contributed by atoms with Crippen LogP contribution in [0, 0.1) is 10.1 Å². The van der Waals surface area contributed by atoms with Gasteiger partial charge in [0.05, 0.1) is 15.6 Å². The Morgan fingerprint density at radius 1 is 1.26 bits per heavy atom. The SMILES string of the molecule is CS(=O)(=O)c1ccc(S(=O)(=O)CCCl)c([N+](=O)[O-])c1. The van der Waals surface area contributed by atoms with E-state index < -0.39 is 40.9 Å². The van der Waals surface area contributed by atoms with Crippen LogP contribution in [0.25, 0.3) is 0 Å². The van der Waals surface area contributed by atoms with Gasteiger partial charge in [-0.2, -0.15) is 0 Å². The molecule has 0 radical (unpaired) electrons. The molecule has 0 aliphatic rings. The Balaban J connectivity index is 3.57. The van der Waals surface area contributed by atoms with Crippen molar-refractivity contribution in [3.63, 3.8) is 0 Å². The van der Waals surface area contributed by atoms with E-state index in [0.717, 1.165) is 24.5 Å². The molecule has 0 amide bonds. The van der Waals surface area contributed by atoms with Gasteiger partial charge in [0.15, 0.2) is 19.7 Å². The molecule has 0 aromatic heterocycles. The van der Waals surface area contributed by atoms with E-state index in [9.17, 15) is 26.9 Å². The van der Waals surface area contributed by atoms with Gasteiger partial charge < -0.3 is 0 Å². The maximum Gasteiger partial charge on any atom is 0.289 e. The van der Waals surface area contributed by atoms with Crippen molar-refractivity contribution < 1.29 is 21.8 Å². The van der Waals surface area contributed by atoms with E-state index in [1.54, 1.807) is 0 Å². The highest BCUT2D eigenvalue weighted by molar-refractivity contribution is 7.91. The number of nitro groups is 1. The minimum absolute atomic E-state index is 0.215. The summed E-state index contributed by atoms with van der Waals surface area (Å²) in [6, 6.07) is 2.66. The lowest BCUT2D eigenvalue weighted by Crippen LogP contribution is -2.11. The van der Waals surface area contributed by atoms with Crippen molar-refractivity contribution in [3.8, 4) is 0 Å². The Labute approximate surface area is 115 Å². The minimum Gasteiger partial charge on any atom is -0.258 e. The smallest absolute Gasteiger partial charge is 0.258 e. The predicted molar refractivity (Wildman–Crippen MR) is 69.0 cm³/mol. The summed E-state index contributed by atoms with van der Waals surface area (Å²) in [4.78, 5) is 9.08. The average Bonchev–Trinajstić information content (AvgIpc) is 2.26. The first kappa shape index (κ1) is 15.9. The zero-order chi connectivity index (χ0) is 14.8. The fraction of sp³-hybridized carbons (Fsp3) is 0.333. The molecule has 0 atom stereocenters. The maximum absolute atomic E-state index is 11.8. The number of nitrogens with zero attached hydrogens (tertiary/aromatic N) is 1. The molecule has 0 bridgehead atoms. The van der Waals surface area contributed by atoms with Gasteiger partial charge in [-0.15, -0.1) is 11.6 Å². The molecule has 0 spiro atoms. The van der Waals surface area contributed by atoms with Gasteiger partial charge in [0.2, 0.25) is 0 Å². The van der Waals surface area contributed by atoms with Gasteiger partial charge in [-0.25, -0.2) is 16.8 Å². The summed E-state index contributed by atoms with van der Waals surface area (Å²) in [6.45, 7) is 0. The zero-order valence-electron chi connectivity index (χ0n) is 9.74. The van der Waals surface area contributed by atoms with E-state index in [-0.39, 0.29) is 10.8 Å². The molecule has 1 rings (SSSR count). The molecule has 1 aromatic carbocycles. The van der Waals surface area contributed by atoms with Crippen molar-refractivity contribution in [2.75, 3.05) is 17.9 Å². The Kier molecular flexibility index (Phi) is 4.54. The second-order valence-corrected chi connectivity index (χ2v) is 8.14. The summed E-state index contributed by atoms with van der Waals surface area (Å²) in [5.74, 6) is -0.680. The number of benzene rings is 1. The lowest BCUT2D eigenvalue weighted by atomic mass is 10.3. The van der Waals surface area contributed by atoms with E-state index in [0.29, 0.717) is 0 Å². The monoisotopic (exact) mass is 327 g/mol. The number of hydrogen-bond acceptors (Lipinski definition) is 6. The third-order valence-corrected chi connectivity index (χ3v) is 5.52. The fourth-order valence-electron chi connectivity index (χ4n) is 1.35. The molecule has 19 heavy (non-hydrogen) atoms. The second-order valence-electron chi connectivity index (χ2n) is 3.67. The van der Waals surface area contributed by atoms with Crippen LogP contribution in [0.4, 0.5) is 5.69 Å². The highest BCUT2D eigenvalue weighted by Gasteiger charge is 2.27. The summed E-state index contributed by atoms with van der Waals surface area (Å²) in [5, 5.41) is 10.9. The fourth-order valence-corrected chi connectivity index (χ4v) is 3.75. The van der Waals surface area contributed by atoms with Gasteiger partial charge >= 0.3 is 0 Å². The van der Waals surface area contributed by atoms with Crippen molar-refractivity contribution >= 4 is 37.0 Å². The largest absolute Gasteiger partial charge is 0.289 e. The number of sulfone groups is 2. The van der Waals surface area contributed by atoms with Crippen LogP contribution in [0.2, 0.25) is 0 Å². The molecule has 0 fully saturated rings. The third kappa shape index (κ3) is 3.64. The van der Waals surface area contributed by atoms with E-state index in [1.165, 1.54) is 0 Å². The molecule has 0 unspecified atom stereocenters. The first-order valence-corrected chi connectivity index (χ1v) is 8.94. The maximum atomic E-state index is 11.8. The molecule has 0 saturated carbocycles. The van der Waals surface area contributed by atoms with Gasteiger partial charge in [-0.3, -0.25) is 10.1 Å². The number of rotatable bonds is 5. The van der Waals surface area contributed by atoms with Crippen molar-refractivity contribution in [2.45, 2.75) is 9.79 Å². The number of nitro benzene ring substituents is 1. The van der Waals surface area contributed by atoms with Gasteiger partial charge in [-0.05, 0) is 12.1 Å². The number of halogens is 1. The molecule has 0 N–H and O–H groups in total. The van der Waals surface area contributed by atoms with Gasteiger partial charge in [-0.1, -0.05) is 0 Å². The van der Waals surface area contributed by atoms with Crippen molar-refractivity contribution in [1.29, 1.82) is 0 Å². The van der Waals surface area contributed by atoms with Crippen molar-refractivity contribution in [2.24, 2.45) is 0 Å². The quantitative estimate of drug-likeness (QED) is 0.453. The summed E-state index contributed by atoms with van der Waals surface area (Å²) in [5.41, 5.74) is -0.770. The standard InChI is InChI=1S/C9H10ClNO6S2/c1-18(14,15)7-2-3-9(8(6-7)11(12)13)19(16,17)5-4-10/h2-3,6H,4-5H2,1H3. The van der Waals surface area contributed by atoms with Crippen LogP contribution >= 0.6 is 11.6 Å². The van der Waals surface area contributed by atoms with Gasteiger partial charge in [0.1, 0.15) is 4.90 Å². The van der Waals surface area contributed by atoms with Crippen LogP contribution < -0.4 is 0 Å². The molecule has 1 aromatic rings. The molecular formula is C9H10ClNO6S2. The third-order valence-electron chi connectivity index (χ3n) is 2.24. The van der Waals surface area contributed by atoms with Crippen molar-refractivity contribution in [3.05, 3.63) is 28.3 Å². The van der Waals surface area contributed by atoms with Gasteiger partial charge in [0, 0.05) is 18.2 Å². The molecular weight excluding hydrogens is 318 g/mol. The topological polar surface area (TPSA) is 111 Å². The summed E-state index contributed by atoms with van der Waals surface area (Å²) in [7, 11) is -7.58. The highest BCUT2D eigenvalue weighted by Crippen LogP contribution is 2.27. The number of alkyl halides is 1. The molecule has 0 aliphatic heterocycles. The second kappa shape index (κ2) is 5.43. The molecule has 7 nitrogen and oxygen atoms in total. The van der Waals surface area contributed by atoms with E-state index in [1.807, 2.05) is 0 Å². The van der Waals surface area contributed by atoms with E-state index >= 15 is 0 Å². The van der Waals surface area contributed by atoms with Gasteiger partial charge in [0.25, 0.3) is 5.69 Å². The highest BCUT2D eigenvalue weighted by atomic mass is 35.5. The van der Waals surface area contributed by atoms with Crippen LogP contribution in [0.3, 0.4) is 0 Å². The lowest BCUT2D eigenvalue weighted by Gasteiger charge is -2.05. The molecule has 10 heteroatoms. The minimum atomic E-state index is -3.92. The molecule has 0 heterocycles. The van der Waals surface area contributed by atoms with E-state index in [4.69, 9.17) is 11.6 Å². The van der Waals surface area contributed by atoms with Crippen LogP contribution in [0.1, 0.15) is 0 Å². The normalized spacial score (nSPS) is 12.3. The molecule has 0 aliphatic carbocycles. The Hall–Kier alpha value is -1.19. The molecule has 106 valence electrons. The van der Waals surface area contributed by atoms with Crippen molar-refractivity contribution in [1.82, 2.24) is 0 Å². The Morgan fingerprint density at radius 3 is 2.26 bits per heavy atom. The average molecular weight is 328 g/mol. The Bertz CT molecular complexity index is 710. The lowest BCUT2D eigenvalue weighted by molar-refractivity contribution is -0.388. The van der Waals surface area contributed by atoms with Crippen LogP contribution in [-0.2, 0) is 19.7 Å². The van der Waals surface area contributed by atoms with Crippen LogP contribution in [0.15, 0.2) is 28.0 Å². The first-order valence-electron chi connectivity index (χ1n) is 4.87. The molecule has 0 saturated heterocycles. The summed E-state index contributed by atoms with van der Waals surface area (Å²) < 4.78 is 46.2. The van der Waals surface area contributed by atoms with E-state index in [2.05, 4.69) is 0 Å². The number of hydrogen-bond donors (Lipinski definition) is 0. The summed E-state index contributed by atoms with van der Waals surface area (Å²) in [6.07, 6.45) is 0.874. The predicted octanol–water partition coefficient (Wildman–Crippen LogP) is 1.01. The zero-order valence-corrected chi connectivity index (χ0v) is 12.1.